The van der Waals surface area contributed by atoms with Crippen LogP contribution in [0.4, 0.5) is 0 Å². The van der Waals surface area contributed by atoms with Crippen LogP contribution in [-0.4, -0.2) is 30.1 Å². The van der Waals surface area contributed by atoms with E-state index in [-0.39, 0.29) is 17.7 Å². The van der Waals surface area contributed by atoms with Gasteiger partial charge in [-0.3, -0.25) is 4.79 Å². The molecular weight excluding hydrogens is 346 g/mol. The van der Waals surface area contributed by atoms with E-state index in [2.05, 4.69) is 5.32 Å². The van der Waals surface area contributed by atoms with Crippen molar-refractivity contribution in [1.82, 2.24) is 5.32 Å². The van der Waals surface area contributed by atoms with E-state index in [0.717, 1.165) is 12.8 Å². The van der Waals surface area contributed by atoms with Gasteiger partial charge < -0.3 is 19.9 Å². The third-order valence-corrected chi connectivity index (χ3v) is 4.11. The van der Waals surface area contributed by atoms with E-state index >= 15 is 0 Å². The first kappa shape index (κ1) is 18.5. The van der Waals surface area contributed by atoms with Crippen LogP contribution in [0.1, 0.15) is 30.1 Å². The van der Waals surface area contributed by atoms with Crippen molar-refractivity contribution in [3.8, 4) is 11.5 Å². The van der Waals surface area contributed by atoms with E-state index in [1.54, 1.807) is 36.4 Å². The maximum absolute atomic E-state index is 12.5. The Morgan fingerprint density at radius 2 is 1.93 bits per heavy atom. The number of aromatic hydroxyl groups is 1. The number of carbonyl (C=O) groups excluding carboxylic acids is 2. The lowest BCUT2D eigenvalue weighted by Gasteiger charge is -2.17. The molecule has 3 rings (SSSR count). The molecule has 0 spiro atoms. The van der Waals surface area contributed by atoms with Crippen LogP contribution >= 0.6 is 0 Å². The number of phenols is 1. The second kappa shape index (κ2) is 8.40. The molecule has 1 aliphatic rings. The number of methoxy groups -OCH3 is 1. The van der Waals surface area contributed by atoms with Gasteiger partial charge in [-0.2, -0.15) is 0 Å². The second-order valence-corrected chi connectivity index (χ2v) is 6.28. The lowest BCUT2D eigenvalue weighted by Crippen LogP contribution is -2.33. The van der Waals surface area contributed by atoms with Crippen LogP contribution in [0.15, 0.2) is 54.6 Å². The molecule has 1 fully saturated rings. The molecule has 2 N–H and O–H groups in total. The zero-order valence-electron chi connectivity index (χ0n) is 14.9. The minimum Gasteiger partial charge on any atom is -0.504 e. The number of carbonyl (C=O) groups is 2. The summed E-state index contributed by atoms with van der Waals surface area (Å²) >= 11 is 0. The molecule has 0 saturated heterocycles. The zero-order valence-corrected chi connectivity index (χ0v) is 14.9. The number of ether oxygens (including phenoxy) is 2. The number of esters is 1. The quantitative estimate of drug-likeness (QED) is 0.580. The van der Waals surface area contributed by atoms with Crippen molar-refractivity contribution in [2.75, 3.05) is 7.11 Å². The number of hydrogen-bond acceptors (Lipinski definition) is 5. The van der Waals surface area contributed by atoms with E-state index in [1.165, 1.54) is 25.3 Å². The Morgan fingerprint density at radius 3 is 2.59 bits per heavy atom. The highest BCUT2D eigenvalue weighted by Gasteiger charge is 2.30. The predicted molar refractivity (Wildman–Crippen MR) is 100 cm³/mol. The number of phenolic OH excluding ortho intramolecular Hbond substituents is 1. The molecule has 6 nitrogen and oxygen atoms in total. The van der Waals surface area contributed by atoms with Gasteiger partial charge in [0, 0.05) is 17.7 Å². The van der Waals surface area contributed by atoms with Gasteiger partial charge in [-0.15, -0.1) is 0 Å². The van der Waals surface area contributed by atoms with Crippen molar-refractivity contribution in [2.24, 2.45) is 0 Å². The first-order chi connectivity index (χ1) is 13.1. The molecule has 27 heavy (non-hydrogen) atoms. The molecule has 0 bridgehead atoms. The smallest absolute Gasteiger partial charge is 0.331 e. The summed E-state index contributed by atoms with van der Waals surface area (Å²) in [6.45, 7) is 0. The normalized spacial score (nSPS) is 14.6. The third-order valence-electron chi connectivity index (χ3n) is 4.11. The summed E-state index contributed by atoms with van der Waals surface area (Å²) in [5, 5.41) is 12.5. The maximum atomic E-state index is 12.5. The minimum atomic E-state index is -1.00. The minimum absolute atomic E-state index is 0.0121. The van der Waals surface area contributed by atoms with Crippen LogP contribution in [0.25, 0.3) is 6.08 Å². The van der Waals surface area contributed by atoms with Gasteiger partial charge in [0.15, 0.2) is 11.5 Å². The average Bonchev–Trinajstić information content (AvgIpc) is 3.50. The summed E-state index contributed by atoms with van der Waals surface area (Å²) in [5.74, 6) is -0.645. The Bertz CT molecular complexity index is 843. The molecule has 0 radical (unpaired) electrons. The molecule has 0 aliphatic heterocycles. The molecule has 140 valence electrons. The van der Waals surface area contributed by atoms with Crippen LogP contribution in [0.2, 0.25) is 0 Å². The van der Waals surface area contributed by atoms with E-state index in [4.69, 9.17) is 9.47 Å². The molecule has 0 aromatic heterocycles. The van der Waals surface area contributed by atoms with Crippen molar-refractivity contribution >= 4 is 18.0 Å². The summed E-state index contributed by atoms with van der Waals surface area (Å²) in [4.78, 5) is 24.7. The van der Waals surface area contributed by atoms with Gasteiger partial charge in [-0.25, -0.2) is 4.79 Å². The zero-order chi connectivity index (χ0) is 19.2. The lowest BCUT2D eigenvalue weighted by atomic mass is 10.1. The van der Waals surface area contributed by atoms with Crippen molar-refractivity contribution in [3.05, 3.63) is 65.7 Å². The Kier molecular flexibility index (Phi) is 5.76. The fraction of sp³-hybridized carbons (Fsp3) is 0.238. The second-order valence-electron chi connectivity index (χ2n) is 6.28. The topological polar surface area (TPSA) is 84.9 Å². The highest BCUT2D eigenvalue weighted by Crippen LogP contribution is 2.27. The molecule has 6 heteroatoms. The molecule has 0 heterocycles. The highest BCUT2D eigenvalue weighted by molar-refractivity contribution is 5.91. The first-order valence-corrected chi connectivity index (χ1v) is 8.68. The van der Waals surface area contributed by atoms with E-state index in [1.807, 2.05) is 6.07 Å². The lowest BCUT2D eigenvalue weighted by molar-refractivity contribution is -0.151. The number of nitrogens with one attached hydrogen (secondary N) is 1. The molecule has 1 aliphatic carbocycles. The fourth-order valence-corrected chi connectivity index (χ4v) is 2.52. The van der Waals surface area contributed by atoms with Crippen LogP contribution in [0.3, 0.4) is 0 Å². The average molecular weight is 367 g/mol. The van der Waals surface area contributed by atoms with Crippen LogP contribution in [0, 0.1) is 0 Å². The maximum Gasteiger partial charge on any atom is 0.331 e. The number of benzene rings is 2. The third kappa shape index (κ3) is 5.10. The molecule has 2 aromatic rings. The molecule has 1 atom stereocenters. The SMILES string of the molecule is COc1cc(/C=C/C(=O)O[C@H](C(=O)NC2CC2)c2ccccc2)ccc1O. The molecule has 0 unspecified atom stereocenters. The van der Waals surface area contributed by atoms with E-state index in [9.17, 15) is 14.7 Å². The summed E-state index contributed by atoms with van der Waals surface area (Å²) in [7, 11) is 1.44. The van der Waals surface area contributed by atoms with Crippen molar-refractivity contribution in [3.63, 3.8) is 0 Å². The largest absolute Gasteiger partial charge is 0.504 e. The van der Waals surface area contributed by atoms with Crippen molar-refractivity contribution in [1.29, 1.82) is 0 Å². The van der Waals surface area contributed by atoms with Gasteiger partial charge >= 0.3 is 5.97 Å². The number of hydrogen-bond donors (Lipinski definition) is 2. The van der Waals surface area contributed by atoms with Gasteiger partial charge in [0.1, 0.15) is 0 Å². The molecule has 1 amide bonds. The van der Waals surface area contributed by atoms with E-state index in [0.29, 0.717) is 16.9 Å². The first-order valence-electron chi connectivity index (χ1n) is 8.68. The van der Waals surface area contributed by atoms with E-state index < -0.39 is 12.1 Å². The number of rotatable bonds is 7. The van der Waals surface area contributed by atoms with Crippen LogP contribution in [0.5, 0.6) is 11.5 Å². The van der Waals surface area contributed by atoms with Gasteiger partial charge in [0.25, 0.3) is 5.91 Å². The Balaban J connectivity index is 1.71. The summed E-state index contributed by atoms with van der Waals surface area (Å²) < 4.78 is 10.4. The van der Waals surface area contributed by atoms with Crippen LogP contribution in [-0.2, 0) is 14.3 Å². The predicted octanol–water partition coefficient (Wildman–Crippen LogP) is 2.98. The van der Waals surface area contributed by atoms with Gasteiger partial charge in [-0.1, -0.05) is 36.4 Å². The Morgan fingerprint density at radius 1 is 1.19 bits per heavy atom. The Labute approximate surface area is 157 Å². The Hall–Kier alpha value is -3.28. The highest BCUT2D eigenvalue weighted by atomic mass is 16.5. The summed E-state index contributed by atoms with van der Waals surface area (Å²) in [6, 6.07) is 13.8. The number of amides is 1. The summed E-state index contributed by atoms with van der Waals surface area (Å²) in [5.41, 5.74) is 1.27. The molecular formula is C21H21NO5. The van der Waals surface area contributed by atoms with Gasteiger partial charge in [0.05, 0.1) is 7.11 Å². The van der Waals surface area contributed by atoms with Crippen LogP contribution < -0.4 is 10.1 Å². The van der Waals surface area contributed by atoms with Gasteiger partial charge in [-0.05, 0) is 36.6 Å². The molecule has 1 saturated carbocycles. The monoisotopic (exact) mass is 367 g/mol. The standard InChI is InChI=1S/C21H21NO5/c1-26-18-13-14(7-11-17(18)23)8-12-19(24)27-20(15-5-3-2-4-6-15)21(25)22-16-9-10-16/h2-8,11-13,16,20,23H,9-10H2,1H3,(H,22,25)/b12-8+/t20-/m0/s1. The summed E-state index contributed by atoms with van der Waals surface area (Å²) in [6.07, 6.45) is 3.67. The van der Waals surface area contributed by atoms with Gasteiger partial charge in [0.2, 0.25) is 6.10 Å². The van der Waals surface area contributed by atoms with Crippen molar-refractivity contribution in [2.45, 2.75) is 25.0 Å². The van der Waals surface area contributed by atoms with Crippen molar-refractivity contribution < 1.29 is 24.2 Å². The fourth-order valence-electron chi connectivity index (χ4n) is 2.52. The molecule has 2 aromatic carbocycles.